The summed E-state index contributed by atoms with van der Waals surface area (Å²) in [5, 5.41) is 3.51. The summed E-state index contributed by atoms with van der Waals surface area (Å²) < 4.78 is 0. The van der Waals surface area contributed by atoms with Crippen molar-refractivity contribution in [1.82, 2.24) is 15.3 Å². The van der Waals surface area contributed by atoms with Crippen molar-refractivity contribution in [3.8, 4) is 11.4 Å². The van der Waals surface area contributed by atoms with Crippen LogP contribution in [-0.2, 0) is 6.54 Å². The molecule has 0 fully saturated rings. The van der Waals surface area contributed by atoms with Crippen LogP contribution in [0.4, 0.5) is 0 Å². The van der Waals surface area contributed by atoms with Crippen LogP contribution in [0.25, 0.3) is 11.4 Å². The molecule has 21 heavy (non-hydrogen) atoms. The molecule has 0 aliphatic carbocycles. The van der Waals surface area contributed by atoms with Gasteiger partial charge in [-0.1, -0.05) is 29.8 Å². The molecule has 0 amide bonds. The Morgan fingerprint density at radius 3 is 1.90 bits per heavy atom. The van der Waals surface area contributed by atoms with Gasteiger partial charge in [-0.2, -0.15) is 0 Å². The topological polar surface area (TPSA) is 37.8 Å². The van der Waals surface area contributed by atoms with E-state index in [0.717, 1.165) is 29.3 Å². The number of hydrogen-bond acceptors (Lipinski definition) is 3. The monoisotopic (exact) mass is 283 g/mol. The van der Waals surface area contributed by atoms with E-state index in [9.17, 15) is 0 Å². The zero-order valence-corrected chi connectivity index (χ0v) is 13.9. The molecule has 1 N–H and O–H groups in total. The zero-order chi connectivity index (χ0) is 15.6. The smallest absolute Gasteiger partial charge is 0.159 e. The SMILES string of the molecule is Cc1ccc(-c2nc(C)c(CNC(C)(C)C)c(C)n2)cc1. The van der Waals surface area contributed by atoms with Crippen LogP contribution >= 0.6 is 0 Å². The number of hydrogen-bond donors (Lipinski definition) is 1. The maximum absolute atomic E-state index is 4.68. The fourth-order valence-electron chi connectivity index (χ4n) is 2.18. The molecular formula is C18H25N3. The van der Waals surface area contributed by atoms with Crippen LogP contribution in [0.3, 0.4) is 0 Å². The number of rotatable bonds is 3. The lowest BCUT2D eigenvalue weighted by molar-refractivity contribution is 0.422. The van der Waals surface area contributed by atoms with Crippen molar-refractivity contribution >= 4 is 0 Å². The lowest BCUT2D eigenvalue weighted by Gasteiger charge is -2.22. The molecule has 3 nitrogen and oxygen atoms in total. The zero-order valence-electron chi connectivity index (χ0n) is 13.9. The van der Waals surface area contributed by atoms with Crippen molar-refractivity contribution in [2.75, 3.05) is 0 Å². The van der Waals surface area contributed by atoms with E-state index in [4.69, 9.17) is 0 Å². The second-order valence-electron chi connectivity index (χ2n) is 6.67. The van der Waals surface area contributed by atoms with E-state index in [0.29, 0.717) is 0 Å². The first-order valence-corrected chi connectivity index (χ1v) is 7.42. The second-order valence-corrected chi connectivity index (χ2v) is 6.67. The van der Waals surface area contributed by atoms with Crippen molar-refractivity contribution in [1.29, 1.82) is 0 Å². The summed E-state index contributed by atoms with van der Waals surface area (Å²) in [5.74, 6) is 0.810. The molecule has 2 rings (SSSR count). The van der Waals surface area contributed by atoms with Gasteiger partial charge in [-0.25, -0.2) is 9.97 Å². The molecule has 0 unspecified atom stereocenters. The molecule has 1 aromatic carbocycles. The van der Waals surface area contributed by atoms with Gasteiger partial charge >= 0.3 is 0 Å². The fourth-order valence-corrected chi connectivity index (χ4v) is 2.18. The molecule has 0 aliphatic rings. The van der Waals surface area contributed by atoms with Crippen LogP contribution in [0.2, 0.25) is 0 Å². The Morgan fingerprint density at radius 1 is 0.905 bits per heavy atom. The fraction of sp³-hybridized carbons (Fsp3) is 0.444. The van der Waals surface area contributed by atoms with Gasteiger partial charge in [0.2, 0.25) is 0 Å². The highest BCUT2D eigenvalue weighted by Crippen LogP contribution is 2.19. The first-order valence-electron chi connectivity index (χ1n) is 7.42. The average Bonchev–Trinajstić information content (AvgIpc) is 2.37. The molecule has 112 valence electrons. The van der Waals surface area contributed by atoms with Gasteiger partial charge in [0.1, 0.15) is 0 Å². The van der Waals surface area contributed by atoms with Crippen LogP contribution in [-0.4, -0.2) is 15.5 Å². The molecule has 2 aromatic rings. The third kappa shape index (κ3) is 4.11. The maximum atomic E-state index is 4.68. The van der Waals surface area contributed by atoms with E-state index in [-0.39, 0.29) is 5.54 Å². The third-order valence-corrected chi connectivity index (χ3v) is 3.53. The summed E-state index contributed by atoms with van der Waals surface area (Å²) in [6.07, 6.45) is 0. The van der Waals surface area contributed by atoms with Crippen LogP contribution in [0, 0.1) is 20.8 Å². The van der Waals surface area contributed by atoms with Crippen molar-refractivity contribution in [3.05, 3.63) is 46.8 Å². The normalized spacial score (nSPS) is 11.7. The molecular weight excluding hydrogens is 258 g/mol. The highest BCUT2D eigenvalue weighted by molar-refractivity contribution is 5.56. The van der Waals surface area contributed by atoms with Gasteiger partial charge in [0.05, 0.1) is 0 Å². The molecule has 3 heteroatoms. The Kier molecular flexibility index (Phi) is 4.43. The number of nitrogens with one attached hydrogen (secondary N) is 1. The number of benzene rings is 1. The Morgan fingerprint density at radius 2 is 1.43 bits per heavy atom. The van der Waals surface area contributed by atoms with Crippen LogP contribution < -0.4 is 5.32 Å². The largest absolute Gasteiger partial charge is 0.308 e. The molecule has 0 aliphatic heterocycles. The summed E-state index contributed by atoms with van der Waals surface area (Å²) >= 11 is 0. The Balaban J connectivity index is 2.30. The van der Waals surface area contributed by atoms with Gasteiger partial charge in [0, 0.05) is 34.6 Å². The van der Waals surface area contributed by atoms with Gasteiger partial charge in [-0.05, 0) is 41.5 Å². The van der Waals surface area contributed by atoms with Gasteiger partial charge in [-0.15, -0.1) is 0 Å². The number of aromatic nitrogens is 2. The van der Waals surface area contributed by atoms with Crippen molar-refractivity contribution in [2.24, 2.45) is 0 Å². The molecule has 1 heterocycles. The third-order valence-electron chi connectivity index (χ3n) is 3.53. The van der Waals surface area contributed by atoms with Crippen LogP contribution in [0.15, 0.2) is 24.3 Å². The number of aryl methyl sites for hydroxylation is 3. The van der Waals surface area contributed by atoms with E-state index >= 15 is 0 Å². The molecule has 1 aromatic heterocycles. The van der Waals surface area contributed by atoms with Crippen LogP contribution in [0.5, 0.6) is 0 Å². The van der Waals surface area contributed by atoms with E-state index in [1.165, 1.54) is 11.1 Å². The molecule has 0 saturated heterocycles. The van der Waals surface area contributed by atoms with Gasteiger partial charge in [0.25, 0.3) is 0 Å². The van der Waals surface area contributed by atoms with E-state index in [1.54, 1.807) is 0 Å². The summed E-state index contributed by atoms with van der Waals surface area (Å²) in [5.41, 5.74) is 5.71. The summed E-state index contributed by atoms with van der Waals surface area (Å²) in [4.78, 5) is 9.37. The summed E-state index contributed by atoms with van der Waals surface area (Å²) in [7, 11) is 0. The predicted octanol–water partition coefficient (Wildman–Crippen LogP) is 3.96. The molecule has 0 spiro atoms. The van der Waals surface area contributed by atoms with E-state index < -0.39 is 0 Å². The minimum Gasteiger partial charge on any atom is -0.308 e. The van der Waals surface area contributed by atoms with Crippen molar-refractivity contribution < 1.29 is 0 Å². The summed E-state index contributed by atoms with van der Waals surface area (Å²) in [6, 6.07) is 8.35. The van der Waals surface area contributed by atoms with E-state index in [1.807, 2.05) is 0 Å². The van der Waals surface area contributed by atoms with Gasteiger partial charge in [0.15, 0.2) is 5.82 Å². The Bertz CT molecular complexity index is 599. The first kappa shape index (κ1) is 15.6. The predicted molar refractivity (Wildman–Crippen MR) is 88.3 cm³/mol. The minimum atomic E-state index is 0.0918. The van der Waals surface area contributed by atoms with Crippen LogP contribution in [0.1, 0.15) is 43.3 Å². The van der Waals surface area contributed by atoms with Gasteiger partial charge < -0.3 is 5.32 Å². The Labute approximate surface area is 127 Å². The summed E-state index contributed by atoms with van der Waals surface area (Å²) in [6.45, 7) is 13.5. The lowest BCUT2D eigenvalue weighted by Crippen LogP contribution is -2.35. The van der Waals surface area contributed by atoms with Gasteiger partial charge in [-0.3, -0.25) is 0 Å². The van der Waals surface area contributed by atoms with Crippen molar-refractivity contribution in [3.63, 3.8) is 0 Å². The molecule has 0 radical (unpaired) electrons. The maximum Gasteiger partial charge on any atom is 0.159 e. The van der Waals surface area contributed by atoms with Crippen molar-refractivity contribution in [2.45, 2.75) is 53.6 Å². The molecule has 0 saturated carbocycles. The lowest BCUT2D eigenvalue weighted by atomic mass is 10.1. The highest BCUT2D eigenvalue weighted by atomic mass is 15.0. The van der Waals surface area contributed by atoms with E-state index in [2.05, 4.69) is 81.1 Å². The Hall–Kier alpha value is -1.74. The first-order chi connectivity index (χ1) is 9.76. The quantitative estimate of drug-likeness (QED) is 0.926. The second kappa shape index (κ2) is 5.94. The number of nitrogens with zero attached hydrogens (tertiary/aromatic N) is 2. The average molecular weight is 283 g/mol. The minimum absolute atomic E-state index is 0.0918. The highest BCUT2D eigenvalue weighted by Gasteiger charge is 2.13. The standard InChI is InChI=1S/C18H25N3/c1-12-7-9-15(10-8-12)17-20-13(2)16(14(3)21-17)11-19-18(4,5)6/h7-10,19H,11H2,1-6H3. The molecule has 0 atom stereocenters. The molecule has 0 bridgehead atoms.